The van der Waals surface area contributed by atoms with E-state index in [1.54, 1.807) is 6.07 Å². The molecule has 0 saturated carbocycles. The first-order valence-corrected chi connectivity index (χ1v) is 8.91. The zero-order valence-electron chi connectivity index (χ0n) is 15.8. The Kier molecular flexibility index (Phi) is 4.88. The van der Waals surface area contributed by atoms with Gasteiger partial charge in [0.2, 0.25) is 5.82 Å². The standard InChI is InChI=1S/C21H15N7O2/c1-12-5-6-18-16(7-12)17(21(29)30)9-19(24-18)13-3-2-4-15(8-13)23-11-14(10-22)20-25-27-28-26-20/h2-9,11,23H,1H3,(H,29,30)(H,25,26,27,28). The van der Waals surface area contributed by atoms with Crippen molar-refractivity contribution in [2.75, 3.05) is 5.32 Å². The van der Waals surface area contributed by atoms with Gasteiger partial charge in [-0.15, -0.1) is 10.2 Å². The van der Waals surface area contributed by atoms with Crippen LogP contribution in [0.25, 0.3) is 27.7 Å². The van der Waals surface area contributed by atoms with Gasteiger partial charge < -0.3 is 10.4 Å². The molecule has 0 aliphatic heterocycles. The number of fused-ring (bicyclic) bond motifs is 1. The zero-order chi connectivity index (χ0) is 21.1. The summed E-state index contributed by atoms with van der Waals surface area (Å²) in [5.41, 5.74) is 3.94. The number of hydrogen-bond donors (Lipinski definition) is 3. The van der Waals surface area contributed by atoms with E-state index in [0.717, 1.165) is 11.1 Å². The van der Waals surface area contributed by atoms with E-state index in [9.17, 15) is 15.2 Å². The zero-order valence-corrected chi connectivity index (χ0v) is 15.8. The SMILES string of the molecule is Cc1ccc2nc(-c3cccc(NC=C(C#N)c4nn[nH]n4)c3)cc(C(=O)O)c2c1. The monoisotopic (exact) mass is 397 g/mol. The number of tetrazole rings is 1. The van der Waals surface area contributed by atoms with E-state index in [1.165, 1.54) is 6.20 Å². The first kappa shape index (κ1) is 18.8. The summed E-state index contributed by atoms with van der Waals surface area (Å²) in [4.78, 5) is 16.4. The van der Waals surface area contributed by atoms with Gasteiger partial charge in [0.1, 0.15) is 11.6 Å². The second kappa shape index (κ2) is 7.81. The molecule has 3 N–H and O–H groups in total. The maximum Gasteiger partial charge on any atom is 0.336 e. The summed E-state index contributed by atoms with van der Waals surface area (Å²) >= 11 is 0. The third kappa shape index (κ3) is 3.70. The fraction of sp³-hybridized carbons (Fsp3) is 0.0476. The molecule has 2 aromatic carbocycles. The van der Waals surface area contributed by atoms with E-state index in [2.05, 4.69) is 30.9 Å². The fourth-order valence-electron chi connectivity index (χ4n) is 3.01. The van der Waals surface area contributed by atoms with Crippen molar-refractivity contribution >= 4 is 28.1 Å². The molecule has 146 valence electrons. The number of aromatic nitrogens is 5. The number of carbonyl (C=O) groups is 1. The second-order valence-electron chi connectivity index (χ2n) is 6.51. The van der Waals surface area contributed by atoms with E-state index in [0.29, 0.717) is 22.3 Å². The predicted octanol–water partition coefficient (Wildman–Crippen LogP) is 3.40. The van der Waals surface area contributed by atoms with Gasteiger partial charge in [-0.3, -0.25) is 0 Å². The van der Waals surface area contributed by atoms with Gasteiger partial charge >= 0.3 is 5.97 Å². The van der Waals surface area contributed by atoms with E-state index >= 15 is 0 Å². The minimum absolute atomic E-state index is 0.179. The van der Waals surface area contributed by atoms with Crippen LogP contribution in [-0.4, -0.2) is 36.7 Å². The molecule has 0 aliphatic carbocycles. The van der Waals surface area contributed by atoms with Crippen molar-refractivity contribution in [3.05, 3.63) is 71.7 Å². The van der Waals surface area contributed by atoms with Crippen LogP contribution in [0.2, 0.25) is 0 Å². The lowest BCUT2D eigenvalue weighted by Crippen LogP contribution is -2.01. The molecule has 2 aromatic heterocycles. The smallest absolute Gasteiger partial charge is 0.336 e. The number of H-pyrrole nitrogens is 1. The van der Waals surface area contributed by atoms with Crippen molar-refractivity contribution < 1.29 is 9.90 Å². The summed E-state index contributed by atoms with van der Waals surface area (Å²) in [7, 11) is 0. The number of rotatable bonds is 5. The normalized spacial score (nSPS) is 11.3. The van der Waals surface area contributed by atoms with Crippen LogP contribution in [0.3, 0.4) is 0 Å². The minimum Gasteiger partial charge on any atom is -0.478 e. The number of nitriles is 1. The first-order valence-electron chi connectivity index (χ1n) is 8.91. The number of allylic oxidation sites excluding steroid dienone is 1. The van der Waals surface area contributed by atoms with Crippen LogP contribution >= 0.6 is 0 Å². The number of carboxylic acid groups (broad SMARTS) is 1. The van der Waals surface area contributed by atoms with Crippen LogP contribution in [0.1, 0.15) is 21.7 Å². The van der Waals surface area contributed by atoms with Crippen LogP contribution in [0.15, 0.2) is 54.7 Å². The van der Waals surface area contributed by atoms with Crippen LogP contribution in [-0.2, 0) is 0 Å². The summed E-state index contributed by atoms with van der Waals surface area (Å²) in [5.74, 6) is -0.830. The lowest BCUT2D eigenvalue weighted by atomic mass is 10.0. The summed E-state index contributed by atoms with van der Waals surface area (Å²) in [6.07, 6.45) is 1.48. The van der Waals surface area contributed by atoms with E-state index < -0.39 is 5.97 Å². The van der Waals surface area contributed by atoms with Gasteiger partial charge in [0.05, 0.1) is 16.8 Å². The van der Waals surface area contributed by atoms with Crippen molar-refractivity contribution in [3.63, 3.8) is 0 Å². The molecule has 2 heterocycles. The number of hydrogen-bond acceptors (Lipinski definition) is 7. The van der Waals surface area contributed by atoms with Crippen LogP contribution in [0.5, 0.6) is 0 Å². The predicted molar refractivity (Wildman–Crippen MR) is 110 cm³/mol. The Labute approximate surface area is 170 Å². The third-order valence-corrected chi connectivity index (χ3v) is 4.44. The second-order valence-corrected chi connectivity index (χ2v) is 6.51. The van der Waals surface area contributed by atoms with E-state index in [1.807, 2.05) is 55.5 Å². The number of benzene rings is 2. The Hall–Kier alpha value is -4.58. The Morgan fingerprint density at radius 1 is 1.23 bits per heavy atom. The van der Waals surface area contributed by atoms with E-state index in [4.69, 9.17) is 0 Å². The van der Waals surface area contributed by atoms with Gasteiger partial charge in [-0.25, -0.2) is 9.78 Å². The summed E-state index contributed by atoms with van der Waals surface area (Å²) in [5, 5.41) is 35.9. The van der Waals surface area contributed by atoms with Crippen LogP contribution in [0.4, 0.5) is 5.69 Å². The highest BCUT2D eigenvalue weighted by molar-refractivity contribution is 6.04. The van der Waals surface area contributed by atoms with Crippen LogP contribution in [0, 0.1) is 18.3 Å². The maximum atomic E-state index is 11.8. The van der Waals surface area contributed by atoms with Gasteiger partial charge in [0, 0.05) is 22.8 Å². The van der Waals surface area contributed by atoms with Gasteiger partial charge in [-0.05, 0) is 42.5 Å². The van der Waals surface area contributed by atoms with Gasteiger partial charge in [0.15, 0.2) is 0 Å². The maximum absolute atomic E-state index is 11.8. The summed E-state index contributed by atoms with van der Waals surface area (Å²) < 4.78 is 0. The molecule has 0 radical (unpaired) electrons. The quantitative estimate of drug-likeness (QED) is 0.435. The molecular weight excluding hydrogens is 382 g/mol. The molecular formula is C21H15N7O2. The Balaban J connectivity index is 1.72. The average molecular weight is 397 g/mol. The van der Waals surface area contributed by atoms with Crippen molar-refractivity contribution in [1.29, 1.82) is 5.26 Å². The molecule has 0 saturated heterocycles. The highest BCUT2D eigenvalue weighted by Crippen LogP contribution is 2.27. The molecule has 30 heavy (non-hydrogen) atoms. The molecule has 0 fully saturated rings. The average Bonchev–Trinajstić information content (AvgIpc) is 3.28. The molecule has 9 heteroatoms. The van der Waals surface area contributed by atoms with Crippen LogP contribution < -0.4 is 5.32 Å². The number of aromatic carboxylic acids is 1. The topological polar surface area (TPSA) is 140 Å². The Morgan fingerprint density at radius 3 is 2.83 bits per heavy atom. The number of aromatic amines is 1. The number of pyridine rings is 1. The van der Waals surface area contributed by atoms with Gasteiger partial charge in [0.25, 0.3) is 0 Å². The molecule has 0 atom stereocenters. The molecule has 4 aromatic rings. The first-order chi connectivity index (χ1) is 14.5. The Morgan fingerprint density at radius 2 is 2.10 bits per heavy atom. The number of nitrogens with one attached hydrogen (secondary N) is 2. The number of anilines is 1. The van der Waals surface area contributed by atoms with Gasteiger partial charge in [-0.1, -0.05) is 23.8 Å². The lowest BCUT2D eigenvalue weighted by Gasteiger charge is -2.09. The highest BCUT2D eigenvalue weighted by Gasteiger charge is 2.13. The third-order valence-electron chi connectivity index (χ3n) is 4.44. The van der Waals surface area contributed by atoms with E-state index in [-0.39, 0.29) is 17.0 Å². The van der Waals surface area contributed by atoms with Crippen molar-refractivity contribution in [2.24, 2.45) is 0 Å². The summed E-state index contributed by atoms with van der Waals surface area (Å²) in [6.45, 7) is 1.91. The highest BCUT2D eigenvalue weighted by atomic mass is 16.4. The molecule has 0 amide bonds. The van der Waals surface area contributed by atoms with Crippen molar-refractivity contribution in [2.45, 2.75) is 6.92 Å². The minimum atomic E-state index is -1.01. The number of nitrogens with zero attached hydrogens (tertiary/aromatic N) is 5. The summed E-state index contributed by atoms with van der Waals surface area (Å²) in [6, 6.07) is 16.4. The fourth-order valence-corrected chi connectivity index (χ4v) is 3.01. The van der Waals surface area contributed by atoms with Gasteiger partial charge in [-0.2, -0.15) is 10.5 Å². The Bertz CT molecular complexity index is 1320. The molecule has 0 aliphatic rings. The molecule has 9 nitrogen and oxygen atoms in total. The van der Waals surface area contributed by atoms with Crippen molar-refractivity contribution in [1.82, 2.24) is 25.6 Å². The molecule has 4 rings (SSSR count). The number of carboxylic acids is 1. The lowest BCUT2D eigenvalue weighted by molar-refractivity contribution is 0.0699. The van der Waals surface area contributed by atoms with Crippen molar-refractivity contribution in [3.8, 4) is 17.3 Å². The molecule has 0 bridgehead atoms. The number of aryl methyl sites for hydroxylation is 1. The molecule has 0 unspecified atom stereocenters. The largest absolute Gasteiger partial charge is 0.478 e. The molecule has 0 spiro atoms.